The van der Waals surface area contributed by atoms with Crippen LogP contribution < -0.4 is 10.6 Å². The Morgan fingerprint density at radius 1 is 1.10 bits per heavy atom. The van der Waals surface area contributed by atoms with Crippen LogP contribution in [0.5, 0.6) is 0 Å². The Hall–Kier alpha value is -4.16. The Labute approximate surface area is 250 Å². The molecule has 11 nitrogen and oxygen atoms in total. The van der Waals surface area contributed by atoms with Crippen molar-refractivity contribution in [3.63, 3.8) is 0 Å². The van der Waals surface area contributed by atoms with E-state index in [4.69, 9.17) is 4.74 Å². The van der Waals surface area contributed by atoms with E-state index in [-0.39, 0.29) is 30.2 Å². The van der Waals surface area contributed by atoms with Crippen LogP contribution in [0.2, 0.25) is 0 Å². The van der Waals surface area contributed by atoms with Gasteiger partial charge in [0.15, 0.2) is 5.78 Å². The third-order valence-corrected chi connectivity index (χ3v) is 8.24. The number of ether oxygens (including phenoxy) is 1. The molecule has 1 saturated heterocycles. The summed E-state index contributed by atoms with van der Waals surface area (Å²) in [6.07, 6.45) is 6.72. The van der Waals surface area contributed by atoms with E-state index >= 15 is 0 Å². The molecule has 2 aliphatic rings. The average molecular weight is 633 g/mol. The lowest BCUT2D eigenvalue weighted by Gasteiger charge is -2.27. The van der Waals surface area contributed by atoms with Gasteiger partial charge >= 0.3 is 0 Å². The third-order valence-electron chi connectivity index (χ3n) is 7.80. The lowest BCUT2D eigenvalue weighted by Crippen LogP contribution is -2.46. The van der Waals surface area contributed by atoms with Crippen LogP contribution in [0, 0.1) is 5.92 Å². The number of anilines is 2. The number of fused-ring (bicyclic) bond motifs is 2. The molecule has 1 aliphatic heterocycles. The van der Waals surface area contributed by atoms with Gasteiger partial charge in [0.25, 0.3) is 0 Å². The lowest BCUT2D eigenvalue weighted by molar-refractivity contribution is -0.138. The van der Waals surface area contributed by atoms with Crippen LogP contribution in [-0.4, -0.2) is 74.4 Å². The molecular formula is C30H30BrN7O4. The van der Waals surface area contributed by atoms with Crippen LogP contribution in [0.1, 0.15) is 30.1 Å². The molecule has 1 aliphatic carbocycles. The molecule has 1 saturated carbocycles. The number of carbonyl (C=O) groups is 3. The van der Waals surface area contributed by atoms with E-state index in [1.807, 2.05) is 18.2 Å². The monoisotopic (exact) mass is 631 g/mol. The summed E-state index contributed by atoms with van der Waals surface area (Å²) in [4.78, 5) is 54.3. The number of benzene rings is 1. The van der Waals surface area contributed by atoms with Gasteiger partial charge in [-0.15, -0.1) is 0 Å². The van der Waals surface area contributed by atoms with Crippen molar-refractivity contribution in [2.24, 2.45) is 5.92 Å². The van der Waals surface area contributed by atoms with Gasteiger partial charge in [-0.1, -0.05) is 12.1 Å². The summed E-state index contributed by atoms with van der Waals surface area (Å²) in [5.41, 5.74) is 2.95. The first-order chi connectivity index (χ1) is 20.3. The molecule has 0 radical (unpaired) electrons. The van der Waals surface area contributed by atoms with E-state index in [2.05, 4.69) is 41.5 Å². The maximum atomic E-state index is 13.7. The summed E-state index contributed by atoms with van der Waals surface area (Å²) in [5.74, 6) is 0.784. The van der Waals surface area contributed by atoms with E-state index in [1.165, 1.54) is 6.92 Å². The maximum Gasteiger partial charge on any atom is 0.248 e. The number of likely N-dealkylation sites (tertiary alicyclic amines) is 1. The van der Waals surface area contributed by atoms with Crippen molar-refractivity contribution in [3.05, 3.63) is 65.2 Å². The first kappa shape index (κ1) is 28.0. The molecule has 2 amide bonds. The summed E-state index contributed by atoms with van der Waals surface area (Å²) in [6.45, 7) is 2.69. The molecule has 0 bridgehead atoms. The van der Waals surface area contributed by atoms with Gasteiger partial charge in [-0.2, -0.15) is 0 Å². The summed E-state index contributed by atoms with van der Waals surface area (Å²) in [5, 5.41) is 6.69. The highest BCUT2D eigenvalue weighted by Crippen LogP contribution is 2.48. The maximum absolute atomic E-state index is 13.7. The highest BCUT2D eigenvalue weighted by molar-refractivity contribution is 9.10. The molecule has 3 atom stereocenters. The van der Waals surface area contributed by atoms with Crippen molar-refractivity contribution >= 4 is 56.2 Å². The van der Waals surface area contributed by atoms with E-state index in [0.717, 1.165) is 28.5 Å². The van der Waals surface area contributed by atoms with Gasteiger partial charge in [0.1, 0.15) is 23.0 Å². The van der Waals surface area contributed by atoms with Gasteiger partial charge in [0, 0.05) is 60.3 Å². The van der Waals surface area contributed by atoms with Gasteiger partial charge in [0.05, 0.1) is 6.61 Å². The fourth-order valence-electron chi connectivity index (χ4n) is 5.69. The number of carbonyl (C=O) groups excluding carboxylic acids is 3. The Morgan fingerprint density at radius 3 is 2.64 bits per heavy atom. The highest BCUT2D eigenvalue weighted by atomic mass is 79.9. The summed E-state index contributed by atoms with van der Waals surface area (Å²) in [6, 6.07) is 10.6. The minimum absolute atomic E-state index is 0.0240. The number of pyridine rings is 1. The second-order valence-electron chi connectivity index (χ2n) is 10.6. The summed E-state index contributed by atoms with van der Waals surface area (Å²) >= 11 is 3.32. The van der Waals surface area contributed by atoms with Gasteiger partial charge in [-0.3, -0.25) is 14.4 Å². The van der Waals surface area contributed by atoms with Crippen molar-refractivity contribution in [1.29, 1.82) is 0 Å². The average Bonchev–Trinajstić information content (AvgIpc) is 3.48. The van der Waals surface area contributed by atoms with Crippen molar-refractivity contribution in [3.8, 4) is 11.1 Å². The quantitative estimate of drug-likeness (QED) is 0.152. The number of amides is 2. The minimum atomic E-state index is -0.560. The number of ketones is 1. The molecule has 3 aromatic heterocycles. The number of hydrogen-bond acceptors (Lipinski definition) is 8. The topological polar surface area (TPSA) is 131 Å². The Bertz CT molecular complexity index is 1670. The predicted molar refractivity (Wildman–Crippen MR) is 161 cm³/mol. The van der Waals surface area contributed by atoms with Crippen molar-refractivity contribution in [2.45, 2.75) is 38.4 Å². The van der Waals surface area contributed by atoms with Gasteiger partial charge in [0.2, 0.25) is 17.8 Å². The van der Waals surface area contributed by atoms with Gasteiger partial charge in [-0.05, 0) is 71.4 Å². The molecule has 1 aromatic carbocycles. The molecule has 2 N–H and O–H groups in total. The zero-order valence-electron chi connectivity index (χ0n) is 23.2. The van der Waals surface area contributed by atoms with Gasteiger partial charge in [-0.25, -0.2) is 15.0 Å². The van der Waals surface area contributed by atoms with Crippen molar-refractivity contribution in [2.75, 3.05) is 30.9 Å². The first-order valence-corrected chi connectivity index (χ1v) is 14.6. The number of hydrogen-bond donors (Lipinski definition) is 2. The summed E-state index contributed by atoms with van der Waals surface area (Å²) < 4.78 is 7.46. The second-order valence-corrected chi connectivity index (χ2v) is 11.4. The molecule has 6 rings (SSSR count). The Morgan fingerprint density at radius 2 is 1.90 bits per heavy atom. The minimum Gasteiger partial charge on any atom is -0.383 e. The fourth-order valence-corrected chi connectivity index (χ4v) is 6.03. The van der Waals surface area contributed by atoms with Crippen LogP contribution in [-0.2, 0) is 20.9 Å². The molecule has 12 heteroatoms. The fraction of sp³-hybridized carbons (Fsp3) is 0.333. The SMILES string of the molecule is COCCNc1ncc(-c2ccc3c(c2)c(C(C)=O)cn3CC(=O)N2C(C(=O)Nc3cccc(Br)n3)CC3CC32)cn1. The Balaban J connectivity index is 1.22. The molecule has 4 aromatic rings. The number of rotatable bonds is 10. The van der Waals surface area contributed by atoms with E-state index in [0.29, 0.717) is 47.4 Å². The van der Waals surface area contributed by atoms with Crippen molar-refractivity contribution in [1.82, 2.24) is 24.4 Å². The van der Waals surface area contributed by atoms with Gasteiger partial charge < -0.3 is 24.8 Å². The highest BCUT2D eigenvalue weighted by Gasteiger charge is 2.56. The number of piperidine rings is 1. The van der Waals surface area contributed by atoms with Crippen LogP contribution in [0.15, 0.2) is 59.6 Å². The number of nitrogens with zero attached hydrogens (tertiary/aromatic N) is 5. The molecule has 216 valence electrons. The molecule has 4 heterocycles. The number of methoxy groups -OCH3 is 1. The van der Waals surface area contributed by atoms with Crippen LogP contribution >= 0.6 is 15.9 Å². The van der Waals surface area contributed by atoms with Crippen LogP contribution in [0.25, 0.3) is 22.0 Å². The molecule has 3 unspecified atom stereocenters. The van der Waals surface area contributed by atoms with Crippen molar-refractivity contribution < 1.29 is 19.1 Å². The number of nitrogens with one attached hydrogen (secondary N) is 2. The predicted octanol–water partition coefficient (Wildman–Crippen LogP) is 4.14. The number of halogens is 1. The number of Topliss-reactive ketones (excluding diaryl/α,β-unsaturated/α-hetero) is 1. The normalized spacial score (nSPS) is 19.0. The third kappa shape index (κ3) is 5.64. The molecule has 42 heavy (non-hydrogen) atoms. The first-order valence-electron chi connectivity index (χ1n) is 13.8. The molecule has 2 fully saturated rings. The summed E-state index contributed by atoms with van der Waals surface area (Å²) in [7, 11) is 1.63. The smallest absolute Gasteiger partial charge is 0.248 e. The van der Waals surface area contributed by atoms with E-state index in [1.54, 1.807) is 53.4 Å². The molecule has 0 spiro atoms. The largest absolute Gasteiger partial charge is 0.383 e. The van der Waals surface area contributed by atoms with E-state index < -0.39 is 6.04 Å². The molecular weight excluding hydrogens is 602 g/mol. The van der Waals surface area contributed by atoms with E-state index in [9.17, 15) is 14.4 Å². The Kier molecular flexibility index (Phi) is 7.74. The standard InChI is InChI=1S/C30H30BrN7O4/c1-17(39)22-15-37(23-7-6-18(10-21(22)23)20-13-33-30(34-14-20)32-8-9-42-2)16-28(40)38-24-11-19(24)12-25(38)29(41)36-27-5-3-4-26(31)35-27/h3-7,10,13-15,19,24-25H,8-9,11-12,16H2,1-2H3,(H,32,33,34)(H,35,36,41). The zero-order valence-corrected chi connectivity index (χ0v) is 24.8. The second kappa shape index (κ2) is 11.6. The lowest BCUT2D eigenvalue weighted by atomic mass is 10.0. The van der Waals surface area contributed by atoms with Crippen LogP contribution in [0.4, 0.5) is 11.8 Å². The number of aromatic nitrogens is 4. The zero-order chi connectivity index (χ0) is 29.4. The van der Waals surface area contributed by atoms with Crippen LogP contribution in [0.3, 0.4) is 0 Å².